The summed E-state index contributed by atoms with van der Waals surface area (Å²) in [5.74, 6) is 0.689. The number of hydrogen-bond acceptors (Lipinski definition) is 4. The number of aliphatic hydroxyl groups is 1. The van der Waals surface area contributed by atoms with Gasteiger partial charge in [0.2, 0.25) is 0 Å². The molecule has 1 atom stereocenters. The number of amides is 1. The molecule has 0 bridgehead atoms. The quantitative estimate of drug-likeness (QED) is 0.825. The zero-order chi connectivity index (χ0) is 13.8. The first-order chi connectivity index (χ1) is 9.08. The SMILES string of the molecule is O=C(NCC(O)c1ccc2c(c1)OCCO2)C(Cl)Cl. The van der Waals surface area contributed by atoms with Crippen LogP contribution in [0.3, 0.4) is 0 Å². The van der Waals surface area contributed by atoms with Crippen molar-refractivity contribution in [1.29, 1.82) is 0 Å². The van der Waals surface area contributed by atoms with Crippen LogP contribution in [0, 0.1) is 0 Å². The maximum atomic E-state index is 11.2. The summed E-state index contributed by atoms with van der Waals surface area (Å²) in [6, 6.07) is 5.12. The van der Waals surface area contributed by atoms with Crippen LogP contribution >= 0.6 is 23.2 Å². The third-order valence-electron chi connectivity index (χ3n) is 2.62. The van der Waals surface area contributed by atoms with Crippen molar-refractivity contribution in [3.63, 3.8) is 0 Å². The smallest absolute Gasteiger partial charge is 0.253 e. The van der Waals surface area contributed by atoms with Crippen molar-refractivity contribution in [1.82, 2.24) is 5.32 Å². The molecule has 0 aliphatic carbocycles. The molecule has 1 aliphatic rings. The van der Waals surface area contributed by atoms with Gasteiger partial charge in [0.15, 0.2) is 16.3 Å². The standard InChI is InChI=1S/C12H13Cl2NO4/c13-11(14)12(17)15-6-8(16)7-1-2-9-10(5-7)19-4-3-18-9/h1-2,5,8,11,16H,3-4,6H2,(H,15,17). The Hall–Kier alpha value is -1.17. The van der Waals surface area contributed by atoms with Gasteiger partial charge in [-0.05, 0) is 17.7 Å². The number of hydrogen-bond donors (Lipinski definition) is 2. The van der Waals surface area contributed by atoms with Gasteiger partial charge in [-0.1, -0.05) is 29.3 Å². The molecule has 7 heteroatoms. The predicted molar refractivity (Wildman–Crippen MR) is 70.9 cm³/mol. The summed E-state index contributed by atoms with van der Waals surface area (Å²) in [6.07, 6.45) is -0.869. The number of carbonyl (C=O) groups is 1. The first kappa shape index (κ1) is 14.2. The molecule has 1 aromatic rings. The number of alkyl halides is 2. The lowest BCUT2D eigenvalue weighted by Gasteiger charge is -2.20. The number of rotatable bonds is 4. The lowest BCUT2D eigenvalue weighted by atomic mass is 10.1. The molecule has 0 aromatic heterocycles. The first-order valence-corrected chi connectivity index (χ1v) is 6.58. The van der Waals surface area contributed by atoms with E-state index in [1.54, 1.807) is 18.2 Å². The predicted octanol–water partition coefficient (Wildman–Crippen LogP) is 1.41. The van der Waals surface area contributed by atoms with Crippen LogP contribution in [0.4, 0.5) is 0 Å². The second-order valence-corrected chi connectivity index (χ2v) is 5.06. The molecule has 5 nitrogen and oxygen atoms in total. The van der Waals surface area contributed by atoms with Gasteiger partial charge in [0, 0.05) is 6.54 Å². The number of carbonyl (C=O) groups excluding carboxylic acids is 1. The molecule has 0 fully saturated rings. The Morgan fingerprint density at radius 1 is 1.32 bits per heavy atom. The zero-order valence-electron chi connectivity index (χ0n) is 9.94. The molecule has 1 aromatic carbocycles. The van der Waals surface area contributed by atoms with Gasteiger partial charge in [0.05, 0.1) is 6.10 Å². The fraction of sp³-hybridized carbons (Fsp3) is 0.417. The number of fused-ring (bicyclic) bond motifs is 1. The highest BCUT2D eigenvalue weighted by atomic mass is 35.5. The molecule has 1 amide bonds. The molecular weight excluding hydrogens is 293 g/mol. The molecule has 2 rings (SSSR count). The number of nitrogens with one attached hydrogen (secondary N) is 1. The van der Waals surface area contributed by atoms with Gasteiger partial charge in [0.25, 0.3) is 5.91 Å². The lowest BCUT2D eigenvalue weighted by Crippen LogP contribution is -2.32. The van der Waals surface area contributed by atoms with Crippen molar-refractivity contribution in [2.45, 2.75) is 10.9 Å². The molecule has 0 radical (unpaired) electrons. The van der Waals surface area contributed by atoms with Crippen molar-refractivity contribution < 1.29 is 19.4 Å². The second-order valence-electron chi connectivity index (χ2n) is 3.96. The van der Waals surface area contributed by atoms with Crippen LogP contribution in [-0.4, -0.2) is 35.6 Å². The highest BCUT2D eigenvalue weighted by Crippen LogP contribution is 2.32. The van der Waals surface area contributed by atoms with E-state index < -0.39 is 16.8 Å². The minimum atomic E-state index is -1.15. The number of halogens is 2. The maximum Gasteiger partial charge on any atom is 0.253 e. The molecule has 1 unspecified atom stereocenters. The van der Waals surface area contributed by atoms with Crippen molar-refractivity contribution in [2.75, 3.05) is 19.8 Å². The average molecular weight is 306 g/mol. The van der Waals surface area contributed by atoms with E-state index in [0.29, 0.717) is 30.3 Å². The minimum Gasteiger partial charge on any atom is -0.486 e. The van der Waals surface area contributed by atoms with E-state index in [2.05, 4.69) is 5.32 Å². The van der Waals surface area contributed by atoms with Gasteiger partial charge in [-0.3, -0.25) is 4.79 Å². The Morgan fingerprint density at radius 3 is 2.68 bits per heavy atom. The molecule has 2 N–H and O–H groups in total. The maximum absolute atomic E-state index is 11.2. The van der Waals surface area contributed by atoms with Crippen molar-refractivity contribution in [3.8, 4) is 11.5 Å². The van der Waals surface area contributed by atoms with Gasteiger partial charge >= 0.3 is 0 Å². The fourth-order valence-electron chi connectivity index (χ4n) is 1.66. The third kappa shape index (κ3) is 3.65. The first-order valence-electron chi connectivity index (χ1n) is 5.71. The third-order valence-corrected chi connectivity index (χ3v) is 3.02. The van der Waals surface area contributed by atoms with Gasteiger partial charge in [0.1, 0.15) is 13.2 Å². The van der Waals surface area contributed by atoms with E-state index in [1.165, 1.54) is 0 Å². The lowest BCUT2D eigenvalue weighted by molar-refractivity contribution is -0.119. The number of benzene rings is 1. The summed E-state index contributed by atoms with van der Waals surface area (Å²) in [7, 11) is 0. The van der Waals surface area contributed by atoms with Gasteiger partial charge < -0.3 is 19.9 Å². The van der Waals surface area contributed by atoms with Crippen LogP contribution in [0.15, 0.2) is 18.2 Å². The van der Waals surface area contributed by atoms with Crippen molar-refractivity contribution in [2.24, 2.45) is 0 Å². The second kappa shape index (κ2) is 6.32. The summed E-state index contributed by atoms with van der Waals surface area (Å²) >= 11 is 10.8. The molecule has 19 heavy (non-hydrogen) atoms. The van der Waals surface area contributed by atoms with Crippen LogP contribution in [-0.2, 0) is 4.79 Å². The minimum absolute atomic E-state index is 0.0222. The number of aliphatic hydroxyl groups excluding tert-OH is 1. The molecule has 0 saturated heterocycles. The Labute approximate surface area is 120 Å². The molecule has 104 valence electrons. The fourth-order valence-corrected chi connectivity index (χ4v) is 1.81. The van der Waals surface area contributed by atoms with E-state index in [0.717, 1.165) is 0 Å². The van der Waals surface area contributed by atoms with Crippen LogP contribution in [0.2, 0.25) is 0 Å². The van der Waals surface area contributed by atoms with Crippen molar-refractivity contribution in [3.05, 3.63) is 23.8 Å². The van der Waals surface area contributed by atoms with E-state index in [9.17, 15) is 9.90 Å². The average Bonchev–Trinajstić information content (AvgIpc) is 2.43. The molecule has 1 heterocycles. The molecule has 1 aliphatic heterocycles. The summed E-state index contributed by atoms with van der Waals surface area (Å²) < 4.78 is 10.8. The summed E-state index contributed by atoms with van der Waals surface area (Å²) in [4.78, 5) is 10.0. The summed E-state index contributed by atoms with van der Waals surface area (Å²) in [5, 5.41) is 12.4. The highest BCUT2D eigenvalue weighted by Gasteiger charge is 2.17. The van der Waals surface area contributed by atoms with Crippen LogP contribution in [0.1, 0.15) is 11.7 Å². The number of ether oxygens (including phenoxy) is 2. The summed E-state index contributed by atoms with van der Waals surface area (Å²) in [5.41, 5.74) is 0.616. The Balaban J connectivity index is 1.99. The Kier molecular flexibility index (Phi) is 4.74. The Bertz CT molecular complexity index is 467. The normalized spacial score (nSPS) is 15.2. The molecule has 0 saturated carbocycles. The van der Waals surface area contributed by atoms with E-state index in [-0.39, 0.29) is 6.54 Å². The largest absolute Gasteiger partial charge is 0.486 e. The van der Waals surface area contributed by atoms with Gasteiger partial charge in [-0.15, -0.1) is 0 Å². The van der Waals surface area contributed by atoms with Gasteiger partial charge in [-0.25, -0.2) is 0 Å². The van der Waals surface area contributed by atoms with Crippen LogP contribution in [0.5, 0.6) is 11.5 Å². The molecular formula is C12H13Cl2NO4. The van der Waals surface area contributed by atoms with Gasteiger partial charge in [-0.2, -0.15) is 0 Å². The highest BCUT2D eigenvalue weighted by molar-refractivity contribution is 6.53. The van der Waals surface area contributed by atoms with Crippen molar-refractivity contribution >= 4 is 29.1 Å². The molecule has 0 spiro atoms. The van der Waals surface area contributed by atoms with E-state index in [4.69, 9.17) is 32.7 Å². The van der Waals surface area contributed by atoms with Crippen LogP contribution < -0.4 is 14.8 Å². The van der Waals surface area contributed by atoms with Crippen LogP contribution in [0.25, 0.3) is 0 Å². The summed E-state index contributed by atoms with van der Waals surface area (Å²) in [6.45, 7) is 1.01. The van der Waals surface area contributed by atoms with E-state index in [1.807, 2.05) is 0 Å². The van der Waals surface area contributed by atoms with E-state index >= 15 is 0 Å². The topological polar surface area (TPSA) is 67.8 Å². The Morgan fingerprint density at radius 2 is 2.00 bits per heavy atom. The monoisotopic (exact) mass is 305 g/mol. The zero-order valence-corrected chi connectivity index (χ0v) is 11.4.